The Morgan fingerprint density at radius 3 is 0.769 bits per heavy atom. The number of nitro groups is 4. The summed E-state index contributed by atoms with van der Waals surface area (Å²) in [6, 6.07) is 0. The number of hydrogen-bond donors (Lipinski definition) is 0. The molecule has 0 fully saturated rings. The fourth-order valence-electron chi connectivity index (χ4n) is 0.267. The van der Waals surface area contributed by atoms with Crippen molar-refractivity contribution in [1.82, 2.24) is 0 Å². The second-order valence-electron chi connectivity index (χ2n) is 1.19. The number of rotatable bonds is 4. The molecule has 0 bridgehead atoms. The molecule has 0 aliphatic heterocycles. The summed E-state index contributed by atoms with van der Waals surface area (Å²) >= 11 is -5.88. The van der Waals surface area contributed by atoms with Gasteiger partial charge in [-0.25, -0.2) is 0 Å². The van der Waals surface area contributed by atoms with Gasteiger partial charge in [0, 0.05) is 0 Å². The topological polar surface area (TPSA) is 173 Å². The molecular weight excluding hydrogens is 243 g/mol. The second kappa shape index (κ2) is 3.23. The molecule has 0 aliphatic carbocycles. The Morgan fingerprint density at radius 2 is 0.769 bits per heavy atom. The standard InChI is InChI=1S/Co.4NO2/c;4*2-1-3/q-1;;;;. The van der Waals surface area contributed by atoms with Gasteiger partial charge in [0.1, 0.15) is 0 Å². The van der Waals surface area contributed by atoms with E-state index in [9.17, 15) is 40.5 Å². The first-order valence-corrected chi connectivity index (χ1v) is 3.92. The average molecular weight is 243 g/mol. The fourth-order valence-corrected chi connectivity index (χ4v) is 1.10. The Hall–Kier alpha value is -1.89. The SMILES string of the molecule is O=[N+]([O-])[Co-]([N+](=O)[O-])([N+](=O)[O-])[N+](=O)[O-]. The van der Waals surface area contributed by atoms with Crippen LogP contribution in [0.2, 0.25) is 0 Å². The zero-order valence-corrected chi connectivity index (χ0v) is 6.43. The van der Waals surface area contributed by atoms with Gasteiger partial charge >= 0.3 is 69.8 Å². The zero-order chi connectivity index (χ0) is 10.8. The molecule has 0 aliphatic rings. The van der Waals surface area contributed by atoms with Gasteiger partial charge in [0.15, 0.2) is 0 Å². The van der Waals surface area contributed by atoms with Crippen molar-refractivity contribution in [2.24, 2.45) is 0 Å². The van der Waals surface area contributed by atoms with Crippen LogP contribution in [0.25, 0.3) is 0 Å². The molecule has 0 aromatic rings. The summed E-state index contributed by atoms with van der Waals surface area (Å²) in [5, 5.41) is 39.5. The first-order chi connectivity index (χ1) is 5.77. The third-order valence-electron chi connectivity index (χ3n) is 0.653. The van der Waals surface area contributed by atoms with Crippen LogP contribution in [0.5, 0.6) is 0 Å². The van der Waals surface area contributed by atoms with Crippen LogP contribution < -0.4 is 0 Å². The van der Waals surface area contributed by atoms with Crippen molar-refractivity contribution < 1.29 is 29.4 Å². The van der Waals surface area contributed by atoms with Gasteiger partial charge in [0.05, 0.1) is 0 Å². The van der Waals surface area contributed by atoms with Gasteiger partial charge < -0.3 is 0 Å². The van der Waals surface area contributed by atoms with E-state index in [4.69, 9.17) is 0 Å². The maximum absolute atomic E-state index is 9.88. The van der Waals surface area contributed by atoms with Crippen LogP contribution in [0.1, 0.15) is 0 Å². The van der Waals surface area contributed by atoms with Gasteiger partial charge in [0.2, 0.25) is 0 Å². The van der Waals surface area contributed by atoms with Gasteiger partial charge in [-0.3, -0.25) is 0 Å². The second-order valence-corrected chi connectivity index (χ2v) is 3.95. The van der Waals surface area contributed by atoms with E-state index in [0.717, 1.165) is 0 Å². The Labute approximate surface area is 70.7 Å². The molecule has 0 radical (unpaired) electrons. The molecule has 0 atom stereocenters. The van der Waals surface area contributed by atoms with Crippen molar-refractivity contribution in [2.75, 3.05) is 0 Å². The van der Waals surface area contributed by atoms with Gasteiger partial charge in [-0.15, -0.1) is 0 Å². The van der Waals surface area contributed by atoms with E-state index >= 15 is 0 Å². The molecule has 0 N–H and O–H groups in total. The Kier molecular flexibility index (Phi) is 2.76. The molecule has 0 spiro atoms. The number of hydrogen-bond acceptors (Lipinski definition) is 8. The van der Waals surface area contributed by atoms with Crippen molar-refractivity contribution in [2.45, 2.75) is 0 Å². The third kappa shape index (κ3) is 1.36. The van der Waals surface area contributed by atoms with Crippen LogP contribution in [-0.4, -0.2) is 15.9 Å². The van der Waals surface area contributed by atoms with Gasteiger partial charge in [-0.2, -0.15) is 0 Å². The van der Waals surface area contributed by atoms with Gasteiger partial charge in [-0.05, 0) is 0 Å². The van der Waals surface area contributed by atoms with Gasteiger partial charge in [0.25, 0.3) is 0 Å². The quantitative estimate of drug-likeness (QED) is 0.441. The normalized spacial score (nSPS) is 11.7. The molecule has 12 nitrogen and oxygen atoms in total. The summed E-state index contributed by atoms with van der Waals surface area (Å²) in [7, 11) is 0. The fraction of sp³-hybridized carbons (Fsp3) is 0. The minimum absolute atomic E-state index is 2.08. The van der Waals surface area contributed by atoms with E-state index in [1.807, 2.05) is 0 Å². The zero-order valence-electron chi connectivity index (χ0n) is 5.39. The summed E-state index contributed by atoms with van der Waals surface area (Å²) in [6.07, 6.45) is 0. The van der Waals surface area contributed by atoms with Crippen LogP contribution in [0.15, 0.2) is 0 Å². The molecule has 0 rings (SSSR count). The molecule has 78 valence electrons. The van der Waals surface area contributed by atoms with Crippen LogP contribution in [-0.2, 0) is 13.5 Å². The molecular formula is CoN4O8-. The van der Waals surface area contributed by atoms with Crippen LogP contribution in [0.3, 0.4) is 0 Å². The molecule has 0 saturated heterocycles. The Bertz CT molecular complexity index is 231. The monoisotopic (exact) mass is 243 g/mol. The van der Waals surface area contributed by atoms with Crippen LogP contribution >= 0.6 is 0 Å². The third-order valence-corrected chi connectivity index (χ3v) is 2.69. The van der Waals surface area contributed by atoms with Crippen molar-refractivity contribution in [3.8, 4) is 0 Å². The molecule has 13 heteroatoms. The van der Waals surface area contributed by atoms with E-state index in [2.05, 4.69) is 0 Å². The maximum atomic E-state index is 9.88. The Balaban J connectivity index is 5.60. The molecule has 13 heavy (non-hydrogen) atoms. The summed E-state index contributed by atoms with van der Waals surface area (Å²) < 4.78 is -8.31. The molecule has 0 saturated carbocycles. The van der Waals surface area contributed by atoms with E-state index in [0.29, 0.717) is 0 Å². The minimum atomic E-state index is -5.88. The van der Waals surface area contributed by atoms with Crippen LogP contribution in [0.4, 0.5) is 0 Å². The predicted molar refractivity (Wildman–Crippen MR) is 28.0 cm³/mol. The average Bonchev–Trinajstić information content (AvgIpc) is 1.82. The summed E-state index contributed by atoms with van der Waals surface area (Å²) in [6.45, 7) is 0. The van der Waals surface area contributed by atoms with E-state index in [-0.39, 0.29) is 0 Å². The van der Waals surface area contributed by atoms with E-state index < -0.39 is 29.4 Å². The van der Waals surface area contributed by atoms with Gasteiger partial charge in [-0.1, -0.05) is 0 Å². The first kappa shape index (κ1) is 11.1. The van der Waals surface area contributed by atoms with Crippen molar-refractivity contribution in [3.05, 3.63) is 40.5 Å². The summed E-state index contributed by atoms with van der Waals surface area (Å²) in [5.74, 6) is 0. The van der Waals surface area contributed by atoms with Crippen LogP contribution in [0, 0.1) is 40.5 Å². The van der Waals surface area contributed by atoms with E-state index in [1.165, 1.54) is 0 Å². The molecule has 0 aromatic carbocycles. The molecule has 0 amide bonds. The van der Waals surface area contributed by atoms with Crippen molar-refractivity contribution >= 4 is 0 Å². The number of nitrogens with zero attached hydrogens (tertiary/aromatic N) is 4. The van der Waals surface area contributed by atoms with E-state index in [1.54, 1.807) is 0 Å². The first-order valence-electron chi connectivity index (χ1n) is 2.06. The van der Waals surface area contributed by atoms with Crippen molar-refractivity contribution in [3.63, 3.8) is 0 Å². The van der Waals surface area contributed by atoms with Crippen molar-refractivity contribution in [1.29, 1.82) is 0 Å². The summed E-state index contributed by atoms with van der Waals surface area (Å²) in [5.41, 5.74) is 0. The molecule has 0 unspecified atom stereocenters. The predicted octanol–water partition coefficient (Wildman–Crippen LogP) is -1.09. The molecule has 0 heterocycles. The molecule has 0 aromatic heterocycles. The Morgan fingerprint density at radius 1 is 0.615 bits per heavy atom. The summed E-state index contributed by atoms with van der Waals surface area (Å²) in [4.78, 5) is 39.5.